The minimum atomic E-state index is -0.459. The molecule has 0 aliphatic carbocycles. The average molecular weight is 276 g/mol. The van der Waals surface area contributed by atoms with Crippen LogP contribution in [0.2, 0.25) is 0 Å². The molecule has 0 atom stereocenters. The van der Waals surface area contributed by atoms with Gasteiger partial charge in [-0.25, -0.2) is 4.98 Å². The van der Waals surface area contributed by atoms with Crippen LogP contribution in [0.25, 0.3) is 11.5 Å². The zero-order chi connectivity index (χ0) is 13.7. The smallest absolute Gasteiger partial charge is 0.270 e. The van der Waals surface area contributed by atoms with Crippen LogP contribution in [0, 0.1) is 11.3 Å². The fourth-order valence-electron chi connectivity index (χ4n) is 1.47. The summed E-state index contributed by atoms with van der Waals surface area (Å²) < 4.78 is 5.20. The minimum absolute atomic E-state index is 0.0434. The number of thioether (sulfide) groups is 1. The molecule has 98 valence electrons. The summed E-state index contributed by atoms with van der Waals surface area (Å²) in [4.78, 5) is 18.7. The third-order valence-corrected chi connectivity index (χ3v) is 3.31. The van der Waals surface area contributed by atoms with Crippen molar-refractivity contribution in [2.75, 3.05) is 12.3 Å². The Labute approximate surface area is 113 Å². The summed E-state index contributed by atoms with van der Waals surface area (Å²) in [5.74, 6) is 1.16. The first kappa shape index (κ1) is 13.4. The molecule has 0 aliphatic heterocycles. The lowest BCUT2D eigenvalue weighted by Gasteiger charge is -2.03. The van der Waals surface area contributed by atoms with Gasteiger partial charge in [-0.1, -0.05) is 11.8 Å². The molecule has 2 aromatic heterocycles. The SMILES string of the molecule is N#Cc1c(-c2ccco2)nc(SCCCN)[nH]c1=O. The molecule has 2 heterocycles. The Morgan fingerprint density at radius 2 is 2.42 bits per heavy atom. The van der Waals surface area contributed by atoms with E-state index in [1.54, 1.807) is 12.1 Å². The number of H-pyrrole nitrogens is 1. The van der Waals surface area contributed by atoms with E-state index in [2.05, 4.69) is 9.97 Å². The van der Waals surface area contributed by atoms with E-state index in [1.807, 2.05) is 6.07 Å². The Morgan fingerprint density at radius 1 is 1.58 bits per heavy atom. The van der Waals surface area contributed by atoms with E-state index < -0.39 is 5.56 Å². The van der Waals surface area contributed by atoms with Crippen molar-refractivity contribution in [2.24, 2.45) is 5.73 Å². The summed E-state index contributed by atoms with van der Waals surface area (Å²) in [6, 6.07) is 5.20. The molecule has 19 heavy (non-hydrogen) atoms. The van der Waals surface area contributed by atoms with Crippen LogP contribution < -0.4 is 11.3 Å². The van der Waals surface area contributed by atoms with Gasteiger partial charge in [-0.3, -0.25) is 4.79 Å². The Hall–Kier alpha value is -2.04. The van der Waals surface area contributed by atoms with Gasteiger partial charge in [-0.2, -0.15) is 5.26 Å². The number of rotatable bonds is 5. The first-order valence-corrected chi connectivity index (χ1v) is 6.66. The molecular weight excluding hydrogens is 264 g/mol. The van der Waals surface area contributed by atoms with Crippen molar-refractivity contribution in [3.8, 4) is 17.5 Å². The topological polar surface area (TPSA) is 109 Å². The van der Waals surface area contributed by atoms with Gasteiger partial charge in [0.15, 0.2) is 10.9 Å². The van der Waals surface area contributed by atoms with E-state index in [1.165, 1.54) is 18.0 Å². The second kappa shape index (κ2) is 6.22. The van der Waals surface area contributed by atoms with E-state index in [0.29, 0.717) is 17.5 Å². The lowest BCUT2D eigenvalue weighted by Crippen LogP contribution is -2.14. The van der Waals surface area contributed by atoms with Crippen LogP contribution in [0.15, 0.2) is 32.8 Å². The third-order valence-electron chi connectivity index (χ3n) is 2.35. The summed E-state index contributed by atoms with van der Waals surface area (Å²) in [7, 11) is 0. The maximum atomic E-state index is 11.8. The van der Waals surface area contributed by atoms with Gasteiger partial charge in [0.2, 0.25) is 0 Å². The molecule has 2 aromatic rings. The quantitative estimate of drug-likeness (QED) is 0.484. The summed E-state index contributed by atoms with van der Waals surface area (Å²) >= 11 is 1.39. The number of nitrogens with two attached hydrogens (primary N) is 1. The van der Waals surface area contributed by atoms with Gasteiger partial charge < -0.3 is 15.1 Å². The molecule has 0 saturated carbocycles. The Kier molecular flexibility index (Phi) is 4.39. The number of nitrogens with one attached hydrogen (secondary N) is 1. The zero-order valence-corrected chi connectivity index (χ0v) is 10.9. The third kappa shape index (κ3) is 3.05. The maximum Gasteiger partial charge on any atom is 0.270 e. The average Bonchev–Trinajstić information content (AvgIpc) is 2.92. The number of nitriles is 1. The fraction of sp³-hybridized carbons (Fsp3) is 0.250. The molecule has 0 aromatic carbocycles. The number of aromatic amines is 1. The van der Waals surface area contributed by atoms with E-state index >= 15 is 0 Å². The van der Waals surface area contributed by atoms with E-state index in [9.17, 15) is 4.79 Å². The lowest BCUT2D eigenvalue weighted by molar-refractivity contribution is 0.578. The molecular formula is C12H12N4O2S. The molecule has 7 heteroatoms. The number of hydrogen-bond acceptors (Lipinski definition) is 6. The second-order valence-electron chi connectivity index (χ2n) is 3.67. The summed E-state index contributed by atoms with van der Waals surface area (Å²) in [6.45, 7) is 0.582. The van der Waals surface area contributed by atoms with Gasteiger partial charge in [0.1, 0.15) is 17.3 Å². The first-order chi connectivity index (χ1) is 9.26. The molecule has 2 rings (SSSR count). The molecule has 0 saturated heterocycles. The van der Waals surface area contributed by atoms with Crippen LogP contribution in [0.5, 0.6) is 0 Å². The van der Waals surface area contributed by atoms with Crippen molar-refractivity contribution in [1.29, 1.82) is 5.26 Å². The van der Waals surface area contributed by atoms with Gasteiger partial charge >= 0.3 is 0 Å². The molecule has 0 spiro atoms. The minimum Gasteiger partial charge on any atom is -0.463 e. The van der Waals surface area contributed by atoms with Crippen molar-refractivity contribution in [3.05, 3.63) is 34.3 Å². The lowest BCUT2D eigenvalue weighted by atomic mass is 10.2. The van der Waals surface area contributed by atoms with Gasteiger partial charge in [-0.05, 0) is 25.1 Å². The Bertz CT molecular complexity index is 643. The van der Waals surface area contributed by atoms with Crippen molar-refractivity contribution in [2.45, 2.75) is 11.6 Å². The molecule has 0 fully saturated rings. The van der Waals surface area contributed by atoms with Gasteiger partial charge in [0.05, 0.1) is 6.26 Å². The number of nitrogens with zero attached hydrogens (tertiary/aromatic N) is 2. The van der Waals surface area contributed by atoms with Gasteiger partial charge in [0, 0.05) is 5.75 Å². The molecule has 0 unspecified atom stereocenters. The molecule has 6 nitrogen and oxygen atoms in total. The van der Waals surface area contributed by atoms with Crippen LogP contribution in [-0.4, -0.2) is 22.3 Å². The monoisotopic (exact) mass is 276 g/mol. The molecule has 0 amide bonds. The predicted molar refractivity (Wildman–Crippen MR) is 71.7 cm³/mol. The van der Waals surface area contributed by atoms with Crippen LogP contribution in [0.3, 0.4) is 0 Å². The van der Waals surface area contributed by atoms with Crippen molar-refractivity contribution in [1.82, 2.24) is 9.97 Å². The number of aromatic nitrogens is 2. The van der Waals surface area contributed by atoms with Gasteiger partial charge in [0.25, 0.3) is 5.56 Å². The fourth-order valence-corrected chi connectivity index (χ4v) is 2.29. The highest BCUT2D eigenvalue weighted by Crippen LogP contribution is 2.22. The van der Waals surface area contributed by atoms with E-state index in [-0.39, 0.29) is 11.3 Å². The van der Waals surface area contributed by atoms with Crippen LogP contribution >= 0.6 is 11.8 Å². The molecule has 0 aliphatic rings. The normalized spacial score (nSPS) is 10.3. The van der Waals surface area contributed by atoms with E-state index in [0.717, 1.165) is 12.2 Å². The van der Waals surface area contributed by atoms with Crippen LogP contribution in [-0.2, 0) is 0 Å². The first-order valence-electron chi connectivity index (χ1n) is 5.67. The standard InChI is InChI=1S/C12H12N4O2S/c13-4-2-6-19-12-15-10(9-3-1-5-18-9)8(7-14)11(17)16-12/h1,3,5H,2,4,6,13H2,(H,15,16,17). The summed E-state index contributed by atoms with van der Waals surface area (Å²) in [5.41, 5.74) is 5.18. The molecule has 3 N–H and O–H groups in total. The Morgan fingerprint density at radius 3 is 3.05 bits per heavy atom. The highest BCUT2D eigenvalue weighted by atomic mass is 32.2. The highest BCUT2D eigenvalue weighted by molar-refractivity contribution is 7.99. The maximum absolute atomic E-state index is 11.8. The highest BCUT2D eigenvalue weighted by Gasteiger charge is 2.15. The number of hydrogen-bond donors (Lipinski definition) is 2. The van der Waals surface area contributed by atoms with E-state index in [4.69, 9.17) is 15.4 Å². The number of furan rings is 1. The Balaban J connectivity index is 2.40. The second-order valence-corrected chi connectivity index (χ2v) is 4.76. The van der Waals surface area contributed by atoms with Gasteiger partial charge in [-0.15, -0.1) is 0 Å². The summed E-state index contributed by atoms with van der Waals surface area (Å²) in [5, 5.41) is 9.49. The zero-order valence-electron chi connectivity index (χ0n) is 10.0. The van der Waals surface area contributed by atoms with Crippen molar-refractivity contribution in [3.63, 3.8) is 0 Å². The molecule has 0 bridgehead atoms. The molecule has 0 radical (unpaired) electrons. The predicted octanol–water partition coefficient (Wildman–Crippen LogP) is 1.34. The van der Waals surface area contributed by atoms with Crippen molar-refractivity contribution < 1.29 is 4.42 Å². The largest absolute Gasteiger partial charge is 0.463 e. The van der Waals surface area contributed by atoms with Crippen LogP contribution in [0.1, 0.15) is 12.0 Å². The van der Waals surface area contributed by atoms with Crippen LogP contribution in [0.4, 0.5) is 0 Å². The van der Waals surface area contributed by atoms with Crippen molar-refractivity contribution >= 4 is 11.8 Å². The summed E-state index contributed by atoms with van der Waals surface area (Å²) in [6.07, 6.45) is 2.30.